The van der Waals surface area contributed by atoms with Crippen LogP contribution in [0.15, 0.2) is 17.5 Å². The second kappa shape index (κ2) is 6.56. The van der Waals surface area contributed by atoms with Crippen molar-refractivity contribution < 1.29 is 9.90 Å². The van der Waals surface area contributed by atoms with Gasteiger partial charge in [0.05, 0.1) is 6.54 Å². The van der Waals surface area contributed by atoms with Crippen molar-refractivity contribution in [2.24, 2.45) is 0 Å². The van der Waals surface area contributed by atoms with Gasteiger partial charge in [0.15, 0.2) is 0 Å². The van der Waals surface area contributed by atoms with Crippen LogP contribution in [0.1, 0.15) is 24.1 Å². The van der Waals surface area contributed by atoms with Crippen LogP contribution in [0.4, 0.5) is 0 Å². The third-order valence-corrected chi connectivity index (χ3v) is 2.73. The monoisotopic (exact) mass is 213 g/mol. The highest BCUT2D eigenvalue weighted by molar-refractivity contribution is 7.09. The molecule has 1 aromatic heterocycles. The van der Waals surface area contributed by atoms with Crippen LogP contribution < -0.4 is 5.32 Å². The van der Waals surface area contributed by atoms with Crippen LogP contribution in [0.5, 0.6) is 0 Å². The molecule has 0 radical (unpaired) electrons. The molecule has 0 aliphatic carbocycles. The highest BCUT2D eigenvalue weighted by Gasteiger charge is 2.00. The van der Waals surface area contributed by atoms with Gasteiger partial charge in [0.1, 0.15) is 0 Å². The summed E-state index contributed by atoms with van der Waals surface area (Å²) in [6.45, 7) is 0.786. The van der Waals surface area contributed by atoms with Crippen LogP contribution in [0.3, 0.4) is 0 Å². The summed E-state index contributed by atoms with van der Waals surface area (Å²) in [5.74, 6) is 0.0619. The Labute approximate surface area is 87.8 Å². The summed E-state index contributed by atoms with van der Waals surface area (Å²) in [5.41, 5.74) is 0. The van der Waals surface area contributed by atoms with Gasteiger partial charge in [-0.25, -0.2) is 0 Å². The lowest BCUT2D eigenvalue weighted by Crippen LogP contribution is -2.21. The largest absolute Gasteiger partial charge is 0.396 e. The molecule has 1 aromatic rings. The molecule has 0 spiro atoms. The number of hydrogen-bond donors (Lipinski definition) is 2. The van der Waals surface area contributed by atoms with Gasteiger partial charge in [-0.05, 0) is 24.3 Å². The van der Waals surface area contributed by atoms with Gasteiger partial charge in [-0.3, -0.25) is 4.79 Å². The summed E-state index contributed by atoms with van der Waals surface area (Å²) in [7, 11) is 0. The van der Waals surface area contributed by atoms with E-state index in [1.807, 2.05) is 17.5 Å². The van der Waals surface area contributed by atoms with Gasteiger partial charge >= 0.3 is 0 Å². The molecule has 0 aromatic carbocycles. The smallest absolute Gasteiger partial charge is 0.220 e. The van der Waals surface area contributed by atoms with Crippen LogP contribution in [-0.4, -0.2) is 17.6 Å². The summed E-state index contributed by atoms with van der Waals surface area (Å²) in [4.78, 5) is 12.4. The Morgan fingerprint density at radius 1 is 1.50 bits per heavy atom. The first-order chi connectivity index (χ1) is 6.83. The van der Waals surface area contributed by atoms with E-state index in [0.29, 0.717) is 19.4 Å². The minimum absolute atomic E-state index is 0.0619. The van der Waals surface area contributed by atoms with Gasteiger partial charge in [0.25, 0.3) is 0 Å². The van der Waals surface area contributed by atoms with Crippen LogP contribution in [0, 0.1) is 0 Å². The molecular formula is C10H15NO2S. The SMILES string of the molecule is O=C(CCCCO)NCc1cccs1. The molecule has 1 amide bonds. The van der Waals surface area contributed by atoms with Gasteiger partial charge < -0.3 is 10.4 Å². The fourth-order valence-corrected chi connectivity index (χ4v) is 1.73. The van der Waals surface area contributed by atoms with Gasteiger partial charge in [0, 0.05) is 17.9 Å². The van der Waals surface area contributed by atoms with Crippen molar-refractivity contribution >= 4 is 17.2 Å². The fraction of sp³-hybridized carbons (Fsp3) is 0.500. The molecule has 0 atom stereocenters. The summed E-state index contributed by atoms with van der Waals surface area (Å²) in [5, 5.41) is 13.4. The van der Waals surface area contributed by atoms with E-state index in [-0.39, 0.29) is 12.5 Å². The molecule has 0 saturated carbocycles. The second-order valence-corrected chi connectivity index (χ2v) is 4.07. The van der Waals surface area contributed by atoms with E-state index in [0.717, 1.165) is 6.42 Å². The predicted molar refractivity (Wildman–Crippen MR) is 57.1 cm³/mol. The van der Waals surface area contributed by atoms with Gasteiger partial charge in [-0.2, -0.15) is 0 Å². The normalized spacial score (nSPS) is 10.1. The third-order valence-electron chi connectivity index (χ3n) is 1.85. The Morgan fingerprint density at radius 2 is 2.36 bits per heavy atom. The van der Waals surface area contributed by atoms with Gasteiger partial charge in [-0.1, -0.05) is 6.07 Å². The first-order valence-corrected chi connectivity index (χ1v) is 5.61. The first-order valence-electron chi connectivity index (χ1n) is 4.73. The Bertz CT molecular complexity index is 259. The average molecular weight is 213 g/mol. The van der Waals surface area contributed by atoms with E-state index in [9.17, 15) is 4.79 Å². The maximum absolute atomic E-state index is 11.2. The van der Waals surface area contributed by atoms with Crippen LogP contribution in [0.25, 0.3) is 0 Å². The Hall–Kier alpha value is -0.870. The van der Waals surface area contributed by atoms with Crippen molar-refractivity contribution in [1.29, 1.82) is 0 Å². The zero-order valence-corrected chi connectivity index (χ0v) is 8.85. The summed E-state index contributed by atoms with van der Waals surface area (Å²) in [6, 6.07) is 3.97. The number of rotatable bonds is 6. The molecule has 3 nitrogen and oxygen atoms in total. The molecule has 2 N–H and O–H groups in total. The summed E-state index contributed by atoms with van der Waals surface area (Å²) >= 11 is 1.64. The maximum Gasteiger partial charge on any atom is 0.220 e. The van der Waals surface area contributed by atoms with Crippen molar-refractivity contribution in [1.82, 2.24) is 5.32 Å². The molecule has 0 aliphatic heterocycles. The zero-order valence-electron chi connectivity index (χ0n) is 8.03. The number of nitrogens with one attached hydrogen (secondary N) is 1. The molecular weight excluding hydrogens is 198 g/mol. The minimum Gasteiger partial charge on any atom is -0.396 e. The van der Waals surface area contributed by atoms with Crippen molar-refractivity contribution in [2.75, 3.05) is 6.61 Å². The highest BCUT2D eigenvalue weighted by atomic mass is 32.1. The van der Waals surface area contributed by atoms with Crippen molar-refractivity contribution in [3.63, 3.8) is 0 Å². The van der Waals surface area contributed by atoms with Crippen molar-refractivity contribution in [3.8, 4) is 0 Å². The molecule has 0 fully saturated rings. The van der Waals surface area contributed by atoms with Crippen molar-refractivity contribution in [2.45, 2.75) is 25.8 Å². The Morgan fingerprint density at radius 3 is 3.00 bits per heavy atom. The van der Waals surface area contributed by atoms with E-state index in [2.05, 4.69) is 5.32 Å². The number of thiophene rings is 1. The molecule has 0 saturated heterocycles. The number of amides is 1. The van der Waals surface area contributed by atoms with Crippen LogP contribution >= 0.6 is 11.3 Å². The quantitative estimate of drug-likeness (QED) is 0.704. The van der Waals surface area contributed by atoms with E-state index in [1.165, 1.54) is 4.88 Å². The second-order valence-electron chi connectivity index (χ2n) is 3.04. The van der Waals surface area contributed by atoms with Crippen LogP contribution in [-0.2, 0) is 11.3 Å². The lowest BCUT2D eigenvalue weighted by molar-refractivity contribution is -0.121. The molecule has 78 valence electrons. The molecule has 0 bridgehead atoms. The van der Waals surface area contributed by atoms with E-state index >= 15 is 0 Å². The number of carbonyl (C=O) groups is 1. The molecule has 0 aliphatic rings. The lowest BCUT2D eigenvalue weighted by atomic mass is 10.2. The first kappa shape index (κ1) is 11.2. The average Bonchev–Trinajstić information content (AvgIpc) is 2.68. The van der Waals surface area contributed by atoms with E-state index < -0.39 is 0 Å². The van der Waals surface area contributed by atoms with E-state index in [4.69, 9.17) is 5.11 Å². The molecule has 14 heavy (non-hydrogen) atoms. The Kier molecular flexibility index (Phi) is 5.25. The van der Waals surface area contributed by atoms with Gasteiger partial charge in [0.2, 0.25) is 5.91 Å². The molecule has 1 heterocycles. The molecule has 0 unspecified atom stereocenters. The van der Waals surface area contributed by atoms with Gasteiger partial charge in [-0.15, -0.1) is 11.3 Å². The predicted octanol–water partition coefficient (Wildman–Crippen LogP) is 1.53. The number of carbonyl (C=O) groups excluding carboxylic acids is 1. The minimum atomic E-state index is 0.0619. The highest BCUT2D eigenvalue weighted by Crippen LogP contribution is 2.07. The zero-order chi connectivity index (χ0) is 10.2. The van der Waals surface area contributed by atoms with E-state index in [1.54, 1.807) is 11.3 Å². The topological polar surface area (TPSA) is 49.3 Å². The molecule has 1 rings (SSSR count). The maximum atomic E-state index is 11.2. The number of aliphatic hydroxyl groups excluding tert-OH is 1. The summed E-state index contributed by atoms with van der Waals surface area (Å²) in [6.07, 6.45) is 1.96. The lowest BCUT2D eigenvalue weighted by Gasteiger charge is -2.02. The summed E-state index contributed by atoms with van der Waals surface area (Å²) < 4.78 is 0. The third kappa shape index (κ3) is 4.39. The molecule has 4 heteroatoms. The van der Waals surface area contributed by atoms with Crippen LogP contribution in [0.2, 0.25) is 0 Å². The number of hydrogen-bond acceptors (Lipinski definition) is 3. The number of aliphatic hydroxyl groups is 1. The van der Waals surface area contributed by atoms with Crippen molar-refractivity contribution in [3.05, 3.63) is 22.4 Å². The fourth-order valence-electron chi connectivity index (χ4n) is 1.08. The number of unbranched alkanes of at least 4 members (excludes halogenated alkanes) is 1. The Balaban J connectivity index is 2.09. The standard InChI is InChI=1S/C10H15NO2S/c12-6-2-1-5-10(13)11-8-9-4-3-7-14-9/h3-4,7,12H,1-2,5-6,8H2,(H,11,13).